The third-order valence-electron chi connectivity index (χ3n) is 3.26. The molecule has 0 aliphatic heterocycles. The van der Waals surface area contributed by atoms with Gasteiger partial charge in [0.15, 0.2) is 0 Å². The molecule has 0 aliphatic rings. The molecule has 0 spiro atoms. The Hall–Kier alpha value is -3.09. The molecule has 0 unspecified atom stereocenters. The number of ether oxygens (including phenoxy) is 1. The predicted molar refractivity (Wildman–Crippen MR) is 88.2 cm³/mol. The Labute approximate surface area is 139 Å². The first-order chi connectivity index (χ1) is 11.6. The fraction of sp³-hybridized carbons (Fsp3) is 0.235. The summed E-state index contributed by atoms with van der Waals surface area (Å²) in [6.07, 6.45) is 6.16. The van der Waals surface area contributed by atoms with Gasteiger partial charge in [0.25, 0.3) is 0 Å². The number of nitrogens with zero attached hydrogens (tertiary/aromatic N) is 2. The number of carbonyl (C=O) groups excluding carboxylic acids is 1. The Morgan fingerprint density at radius 1 is 1.38 bits per heavy atom. The summed E-state index contributed by atoms with van der Waals surface area (Å²) >= 11 is 0. The molecule has 2 rings (SSSR count). The minimum absolute atomic E-state index is 0.218. The third kappa shape index (κ3) is 5.28. The van der Waals surface area contributed by atoms with Gasteiger partial charge in [-0.25, -0.2) is 9.59 Å². The molecule has 24 heavy (non-hydrogen) atoms. The molecule has 126 valence electrons. The molecule has 2 aromatic rings. The van der Waals surface area contributed by atoms with Crippen LogP contribution >= 0.6 is 0 Å². The number of benzene rings is 1. The fourth-order valence-electron chi connectivity index (χ4n) is 1.88. The fourth-order valence-corrected chi connectivity index (χ4v) is 1.88. The minimum Gasteiger partial charge on any atom is -0.480 e. The zero-order chi connectivity index (χ0) is 17.4. The van der Waals surface area contributed by atoms with Crippen molar-refractivity contribution in [2.45, 2.75) is 19.6 Å². The summed E-state index contributed by atoms with van der Waals surface area (Å²) in [6, 6.07) is 8.69. The number of aliphatic carboxylic acids is 1. The van der Waals surface area contributed by atoms with Crippen molar-refractivity contribution in [1.29, 1.82) is 0 Å². The van der Waals surface area contributed by atoms with Gasteiger partial charge < -0.3 is 15.2 Å². The molecule has 0 radical (unpaired) electrons. The van der Waals surface area contributed by atoms with E-state index in [2.05, 4.69) is 10.4 Å². The smallest absolute Gasteiger partial charge is 0.407 e. The maximum absolute atomic E-state index is 11.5. The van der Waals surface area contributed by atoms with E-state index < -0.39 is 18.1 Å². The maximum Gasteiger partial charge on any atom is 0.407 e. The number of amides is 1. The largest absolute Gasteiger partial charge is 0.480 e. The summed E-state index contributed by atoms with van der Waals surface area (Å²) in [6.45, 7) is 2.07. The minimum atomic E-state index is -0.948. The zero-order valence-corrected chi connectivity index (χ0v) is 13.3. The quantitative estimate of drug-likeness (QED) is 0.814. The summed E-state index contributed by atoms with van der Waals surface area (Å²) in [4.78, 5) is 22.4. The monoisotopic (exact) mass is 329 g/mol. The van der Waals surface area contributed by atoms with Crippen LogP contribution in [0.2, 0.25) is 0 Å². The topological polar surface area (TPSA) is 93.5 Å². The molecule has 0 fully saturated rings. The first-order valence-corrected chi connectivity index (χ1v) is 7.44. The second kappa shape index (κ2) is 8.52. The standard InChI is InChI=1S/C17H19N3O4/c1-13(16(21)22)20-11-15(10-19-20)8-5-9-18-17(23)24-12-14-6-3-2-4-7-14/h2-8,10-11,13H,9,12H2,1H3,(H,18,23)(H,21,22)/t13-/m0/s1. The number of hydrogen-bond donors (Lipinski definition) is 2. The van der Waals surface area contributed by atoms with E-state index in [0.717, 1.165) is 11.1 Å². The molecule has 2 N–H and O–H groups in total. The lowest BCUT2D eigenvalue weighted by Crippen LogP contribution is -2.24. The number of nitrogens with one attached hydrogen (secondary N) is 1. The number of aromatic nitrogens is 2. The molecular weight excluding hydrogens is 310 g/mol. The van der Waals surface area contributed by atoms with Gasteiger partial charge in [0.1, 0.15) is 12.6 Å². The highest BCUT2D eigenvalue weighted by Crippen LogP contribution is 2.07. The summed E-state index contributed by atoms with van der Waals surface area (Å²) in [5, 5.41) is 15.5. The molecule has 1 heterocycles. The molecule has 1 aromatic carbocycles. The normalized spacial score (nSPS) is 12.0. The Balaban J connectivity index is 1.72. The first-order valence-electron chi connectivity index (χ1n) is 7.44. The average Bonchev–Trinajstić information content (AvgIpc) is 3.06. The SMILES string of the molecule is C[C@@H](C(=O)O)n1cc(C=CCNC(=O)OCc2ccccc2)cn1. The van der Waals surface area contributed by atoms with E-state index in [1.807, 2.05) is 30.3 Å². The van der Waals surface area contributed by atoms with Crippen molar-refractivity contribution in [3.63, 3.8) is 0 Å². The van der Waals surface area contributed by atoms with Gasteiger partial charge in [-0.1, -0.05) is 42.5 Å². The highest BCUT2D eigenvalue weighted by atomic mass is 16.5. The van der Waals surface area contributed by atoms with Gasteiger partial charge in [0, 0.05) is 18.3 Å². The van der Waals surface area contributed by atoms with Crippen LogP contribution in [-0.4, -0.2) is 33.5 Å². The van der Waals surface area contributed by atoms with Crippen LogP contribution < -0.4 is 5.32 Å². The summed E-state index contributed by atoms with van der Waals surface area (Å²) in [5.41, 5.74) is 1.67. The predicted octanol–water partition coefficient (Wildman–Crippen LogP) is 2.47. The van der Waals surface area contributed by atoms with Gasteiger partial charge in [-0.05, 0) is 12.5 Å². The lowest BCUT2D eigenvalue weighted by molar-refractivity contribution is -0.140. The van der Waals surface area contributed by atoms with Crippen LogP contribution in [0.1, 0.15) is 24.1 Å². The van der Waals surface area contributed by atoms with Gasteiger partial charge >= 0.3 is 12.1 Å². The third-order valence-corrected chi connectivity index (χ3v) is 3.26. The first kappa shape index (κ1) is 17.3. The average molecular weight is 329 g/mol. The lowest BCUT2D eigenvalue weighted by atomic mass is 10.2. The molecule has 0 saturated heterocycles. The highest BCUT2D eigenvalue weighted by Gasteiger charge is 2.13. The van der Waals surface area contributed by atoms with Crippen molar-refractivity contribution in [1.82, 2.24) is 15.1 Å². The van der Waals surface area contributed by atoms with Crippen molar-refractivity contribution >= 4 is 18.1 Å². The molecule has 0 aliphatic carbocycles. The van der Waals surface area contributed by atoms with Gasteiger partial charge in [0.2, 0.25) is 0 Å². The summed E-state index contributed by atoms with van der Waals surface area (Å²) in [7, 11) is 0. The van der Waals surface area contributed by atoms with Crippen LogP contribution in [0.15, 0.2) is 48.8 Å². The van der Waals surface area contributed by atoms with Crippen molar-refractivity contribution < 1.29 is 19.4 Å². The lowest BCUT2D eigenvalue weighted by Gasteiger charge is -2.05. The number of carboxylic acids is 1. The van der Waals surface area contributed by atoms with Crippen LogP contribution in [0, 0.1) is 0 Å². The molecular formula is C17H19N3O4. The zero-order valence-electron chi connectivity index (χ0n) is 13.3. The molecule has 0 bridgehead atoms. The van der Waals surface area contributed by atoms with Gasteiger partial charge in [-0.3, -0.25) is 4.68 Å². The van der Waals surface area contributed by atoms with E-state index in [4.69, 9.17) is 9.84 Å². The summed E-state index contributed by atoms with van der Waals surface area (Å²) < 4.78 is 6.44. The van der Waals surface area contributed by atoms with Gasteiger partial charge in [-0.2, -0.15) is 5.10 Å². The number of carbonyl (C=O) groups is 2. The van der Waals surface area contributed by atoms with Crippen molar-refractivity contribution in [3.8, 4) is 0 Å². The summed E-state index contributed by atoms with van der Waals surface area (Å²) in [5.74, 6) is -0.948. The number of rotatable bonds is 7. The van der Waals surface area contributed by atoms with Crippen molar-refractivity contribution in [2.24, 2.45) is 0 Å². The van der Waals surface area contributed by atoms with Crippen LogP contribution in [0.3, 0.4) is 0 Å². The van der Waals surface area contributed by atoms with Crippen molar-refractivity contribution in [3.05, 3.63) is 59.9 Å². The highest BCUT2D eigenvalue weighted by molar-refractivity contribution is 5.71. The Morgan fingerprint density at radius 3 is 2.83 bits per heavy atom. The van der Waals surface area contributed by atoms with Crippen LogP contribution in [0.4, 0.5) is 4.79 Å². The van der Waals surface area contributed by atoms with Crippen molar-refractivity contribution in [2.75, 3.05) is 6.54 Å². The Bertz CT molecular complexity index is 710. The molecule has 0 saturated carbocycles. The second-order valence-electron chi connectivity index (χ2n) is 5.11. The van der Waals surface area contributed by atoms with E-state index in [-0.39, 0.29) is 6.61 Å². The van der Waals surface area contributed by atoms with E-state index in [0.29, 0.717) is 6.54 Å². The second-order valence-corrected chi connectivity index (χ2v) is 5.11. The Morgan fingerprint density at radius 2 is 2.12 bits per heavy atom. The molecule has 7 nitrogen and oxygen atoms in total. The number of hydrogen-bond acceptors (Lipinski definition) is 4. The van der Waals surface area contributed by atoms with E-state index in [1.54, 1.807) is 31.5 Å². The van der Waals surface area contributed by atoms with Crippen LogP contribution in [0.5, 0.6) is 0 Å². The maximum atomic E-state index is 11.5. The number of alkyl carbamates (subject to hydrolysis) is 1. The van der Waals surface area contributed by atoms with E-state index in [9.17, 15) is 9.59 Å². The number of carboxylic acid groups (broad SMARTS) is 1. The molecule has 1 aromatic heterocycles. The van der Waals surface area contributed by atoms with Crippen LogP contribution in [0.25, 0.3) is 6.08 Å². The van der Waals surface area contributed by atoms with Crippen LogP contribution in [-0.2, 0) is 16.1 Å². The molecule has 1 atom stereocenters. The Kier molecular flexibility index (Phi) is 6.13. The van der Waals surface area contributed by atoms with E-state index >= 15 is 0 Å². The molecule has 1 amide bonds. The van der Waals surface area contributed by atoms with Gasteiger partial charge in [-0.15, -0.1) is 0 Å². The van der Waals surface area contributed by atoms with Gasteiger partial charge in [0.05, 0.1) is 6.20 Å². The van der Waals surface area contributed by atoms with E-state index in [1.165, 1.54) is 4.68 Å². The molecule has 7 heteroatoms.